The number of hydrogen-bond donors (Lipinski definition) is 3. The monoisotopic (exact) mass is 544 g/mol. The van der Waals surface area contributed by atoms with Crippen LogP contribution in [0.4, 0.5) is 14.9 Å². The number of anilines is 1. The third-order valence-electron chi connectivity index (χ3n) is 8.43. The summed E-state index contributed by atoms with van der Waals surface area (Å²) in [6, 6.07) is 19.8. The molecule has 40 heavy (non-hydrogen) atoms. The third kappa shape index (κ3) is 6.17. The van der Waals surface area contributed by atoms with Gasteiger partial charge < -0.3 is 21.1 Å². The lowest BCUT2D eigenvalue weighted by Crippen LogP contribution is -2.50. The number of halogens is 1. The number of carbonyl (C=O) groups is 2. The van der Waals surface area contributed by atoms with E-state index in [0.29, 0.717) is 24.9 Å². The van der Waals surface area contributed by atoms with Gasteiger partial charge in [0.25, 0.3) is 0 Å². The molecule has 2 aromatic carbocycles. The minimum atomic E-state index is -0.833. The number of nitrogens with two attached hydrogens (primary N) is 1. The van der Waals surface area contributed by atoms with Crippen LogP contribution in [0, 0.1) is 5.92 Å². The van der Waals surface area contributed by atoms with Crippen molar-refractivity contribution in [2.45, 2.75) is 69.1 Å². The molecule has 5 rings (SSSR count). The number of rotatable bonds is 7. The van der Waals surface area contributed by atoms with E-state index in [1.807, 2.05) is 67.6 Å². The van der Waals surface area contributed by atoms with E-state index in [4.69, 9.17) is 15.5 Å². The summed E-state index contributed by atoms with van der Waals surface area (Å²) in [6.45, 7) is 2.02. The number of pyridine rings is 1. The Morgan fingerprint density at radius 2 is 1.73 bits per heavy atom. The molecule has 2 saturated carbocycles. The summed E-state index contributed by atoms with van der Waals surface area (Å²) in [5, 5.41) is 5.97. The number of alkyl halides is 1. The van der Waals surface area contributed by atoms with Crippen LogP contribution in [0.2, 0.25) is 0 Å². The molecule has 7 nitrogen and oxygen atoms in total. The number of amides is 2. The Balaban J connectivity index is 1.29. The number of alkyl carbamates (subject to hydrolysis) is 1. The highest BCUT2D eigenvalue weighted by atomic mass is 19.1. The van der Waals surface area contributed by atoms with E-state index in [-0.39, 0.29) is 17.4 Å². The average molecular weight is 545 g/mol. The van der Waals surface area contributed by atoms with Crippen LogP contribution in [0.15, 0.2) is 66.9 Å². The molecule has 3 aromatic rings. The molecule has 1 heterocycles. The van der Waals surface area contributed by atoms with Gasteiger partial charge in [-0.25, -0.2) is 9.18 Å². The van der Waals surface area contributed by atoms with Gasteiger partial charge in [-0.2, -0.15) is 0 Å². The molecule has 0 unspecified atom stereocenters. The van der Waals surface area contributed by atoms with Crippen molar-refractivity contribution in [1.29, 1.82) is 0 Å². The smallest absolute Gasteiger partial charge is 0.407 e. The van der Waals surface area contributed by atoms with Crippen molar-refractivity contribution in [3.63, 3.8) is 0 Å². The lowest BCUT2D eigenvalue weighted by Gasteiger charge is -2.41. The van der Waals surface area contributed by atoms with E-state index in [9.17, 15) is 14.0 Å². The summed E-state index contributed by atoms with van der Waals surface area (Å²) in [6.07, 6.45) is 4.85. The summed E-state index contributed by atoms with van der Waals surface area (Å²) in [5.41, 5.74) is 10.7. The first kappa shape index (κ1) is 27.8. The molecule has 0 radical (unpaired) electrons. The first-order chi connectivity index (χ1) is 19.2. The van der Waals surface area contributed by atoms with E-state index in [1.165, 1.54) is 7.11 Å². The Hall–Kier alpha value is -3.78. The molecular weight excluding hydrogens is 507 g/mol. The number of carbonyl (C=O) groups excluding carboxylic acids is 2. The van der Waals surface area contributed by atoms with Crippen molar-refractivity contribution >= 4 is 17.7 Å². The predicted octanol–water partition coefficient (Wildman–Crippen LogP) is 6.34. The molecule has 0 aliphatic heterocycles. The lowest BCUT2D eigenvalue weighted by atomic mass is 9.71. The second-order valence-corrected chi connectivity index (χ2v) is 11.6. The fourth-order valence-electron chi connectivity index (χ4n) is 5.94. The minimum Gasteiger partial charge on any atom is -0.453 e. The molecule has 0 saturated heterocycles. The van der Waals surface area contributed by atoms with Gasteiger partial charge in [0.2, 0.25) is 5.91 Å². The predicted molar refractivity (Wildman–Crippen MR) is 154 cm³/mol. The Morgan fingerprint density at radius 3 is 2.35 bits per heavy atom. The summed E-state index contributed by atoms with van der Waals surface area (Å²) < 4.78 is 18.2. The van der Waals surface area contributed by atoms with E-state index < -0.39 is 17.8 Å². The topological polar surface area (TPSA) is 106 Å². The van der Waals surface area contributed by atoms with Crippen LogP contribution in [0.5, 0.6) is 0 Å². The van der Waals surface area contributed by atoms with Crippen LogP contribution in [-0.2, 0) is 15.1 Å². The zero-order valence-corrected chi connectivity index (χ0v) is 23.1. The van der Waals surface area contributed by atoms with Crippen molar-refractivity contribution < 1.29 is 18.7 Å². The standard InChI is InChI=1S/C32H37FN4O3/c1-31(37-30(39)40-2)14-12-21(13-15-31)16-28(38)36-26-17-27(22-6-4-3-5-7-22)29(35-20-26)23-8-10-24(11-9-23)32(34)18-25(33)19-32/h3-11,17,20-21,25H,12-16,18-19,34H2,1-2H3,(H,36,38)(H,37,39). The quantitative estimate of drug-likeness (QED) is 0.322. The van der Waals surface area contributed by atoms with Gasteiger partial charge in [0.15, 0.2) is 0 Å². The van der Waals surface area contributed by atoms with Gasteiger partial charge in [-0.3, -0.25) is 9.78 Å². The molecular formula is C32H37FN4O3. The number of nitrogens with one attached hydrogen (secondary N) is 2. The number of ether oxygens (including phenoxy) is 1. The van der Waals surface area contributed by atoms with Gasteiger partial charge in [-0.05, 0) is 55.7 Å². The van der Waals surface area contributed by atoms with Gasteiger partial charge in [-0.15, -0.1) is 0 Å². The molecule has 0 atom stereocenters. The third-order valence-corrected chi connectivity index (χ3v) is 8.43. The zero-order valence-electron chi connectivity index (χ0n) is 23.1. The van der Waals surface area contributed by atoms with Gasteiger partial charge >= 0.3 is 6.09 Å². The maximum Gasteiger partial charge on any atom is 0.407 e. The van der Waals surface area contributed by atoms with E-state index in [0.717, 1.165) is 53.6 Å². The lowest BCUT2D eigenvalue weighted by molar-refractivity contribution is -0.117. The second-order valence-electron chi connectivity index (χ2n) is 11.6. The summed E-state index contributed by atoms with van der Waals surface area (Å²) in [4.78, 5) is 29.4. The Morgan fingerprint density at radius 1 is 1.05 bits per heavy atom. The first-order valence-electron chi connectivity index (χ1n) is 13.9. The highest BCUT2D eigenvalue weighted by Crippen LogP contribution is 2.42. The van der Waals surface area contributed by atoms with Gasteiger partial charge in [0.1, 0.15) is 6.17 Å². The average Bonchev–Trinajstić information content (AvgIpc) is 2.94. The van der Waals surface area contributed by atoms with Crippen molar-refractivity contribution in [1.82, 2.24) is 10.3 Å². The number of hydrogen-bond acceptors (Lipinski definition) is 5. The summed E-state index contributed by atoms with van der Waals surface area (Å²) in [7, 11) is 1.36. The van der Waals surface area contributed by atoms with Crippen molar-refractivity contribution in [3.8, 4) is 22.4 Å². The van der Waals surface area contributed by atoms with Crippen LogP contribution in [0.25, 0.3) is 22.4 Å². The maximum absolute atomic E-state index is 13.5. The molecule has 0 bridgehead atoms. The summed E-state index contributed by atoms with van der Waals surface area (Å²) in [5.74, 6) is 0.202. The largest absolute Gasteiger partial charge is 0.453 e. The SMILES string of the molecule is COC(=O)NC1(C)CCC(CC(=O)Nc2cnc(-c3ccc(C4(N)CC(F)C4)cc3)c(-c3ccccc3)c2)CC1. The molecule has 2 fully saturated rings. The maximum atomic E-state index is 13.5. The van der Waals surface area contributed by atoms with Crippen LogP contribution in [-0.4, -0.2) is 35.8 Å². The Kier molecular flexibility index (Phi) is 7.90. The highest BCUT2D eigenvalue weighted by molar-refractivity contribution is 5.93. The minimum absolute atomic E-state index is 0.0487. The van der Waals surface area contributed by atoms with Crippen molar-refractivity contribution in [2.75, 3.05) is 12.4 Å². The number of nitrogens with zero attached hydrogens (tertiary/aromatic N) is 1. The van der Waals surface area contributed by atoms with E-state index >= 15 is 0 Å². The van der Waals surface area contributed by atoms with Crippen LogP contribution in [0.1, 0.15) is 57.4 Å². The molecule has 210 valence electrons. The van der Waals surface area contributed by atoms with Crippen molar-refractivity contribution in [2.24, 2.45) is 11.7 Å². The molecule has 2 amide bonds. The molecule has 4 N–H and O–H groups in total. The number of benzene rings is 2. The molecule has 2 aliphatic carbocycles. The fraction of sp³-hybridized carbons (Fsp3) is 0.406. The Bertz CT molecular complexity index is 1350. The first-order valence-corrected chi connectivity index (χ1v) is 13.9. The van der Waals surface area contributed by atoms with Crippen LogP contribution < -0.4 is 16.4 Å². The summed E-state index contributed by atoms with van der Waals surface area (Å²) >= 11 is 0. The number of aromatic nitrogens is 1. The normalized spacial score (nSPS) is 25.9. The molecule has 1 aromatic heterocycles. The van der Waals surface area contributed by atoms with Gasteiger partial charge in [0, 0.05) is 41.5 Å². The molecule has 0 spiro atoms. The van der Waals surface area contributed by atoms with Crippen molar-refractivity contribution in [3.05, 3.63) is 72.4 Å². The Labute approximate surface area is 234 Å². The fourth-order valence-corrected chi connectivity index (χ4v) is 5.94. The van der Waals surface area contributed by atoms with Gasteiger partial charge in [0.05, 0.1) is 24.7 Å². The molecule has 2 aliphatic rings. The van der Waals surface area contributed by atoms with E-state index in [2.05, 4.69) is 10.6 Å². The van der Waals surface area contributed by atoms with Crippen LogP contribution in [0.3, 0.4) is 0 Å². The molecule has 8 heteroatoms. The van der Waals surface area contributed by atoms with Crippen LogP contribution >= 0.6 is 0 Å². The van der Waals surface area contributed by atoms with Gasteiger partial charge in [-0.1, -0.05) is 54.6 Å². The second kappa shape index (κ2) is 11.4. The zero-order chi connectivity index (χ0) is 28.3. The van der Waals surface area contributed by atoms with E-state index in [1.54, 1.807) is 6.20 Å². The highest BCUT2D eigenvalue weighted by Gasteiger charge is 2.42. The number of methoxy groups -OCH3 is 1.